The van der Waals surface area contributed by atoms with E-state index in [9.17, 15) is 4.79 Å². The highest BCUT2D eigenvalue weighted by Crippen LogP contribution is 1.96. The predicted molar refractivity (Wildman–Crippen MR) is 33.1 cm³/mol. The molecule has 0 fully saturated rings. The van der Waals surface area contributed by atoms with Crippen LogP contribution in [0.2, 0.25) is 0 Å². The maximum atomic E-state index is 10.6. The van der Waals surface area contributed by atoms with Crippen LogP contribution in [0.25, 0.3) is 0 Å². The van der Waals surface area contributed by atoms with Gasteiger partial charge in [0.05, 0.1) is 7.11 Å². The molecule has 0 heterocycles. The van der Waals surface area contributed by atoms with Crippen molar-refractivity contribution in [3.8, 4) is 0 Å². The minimum atomic E-state index is -0.394. The molecule has 54 valence electrons. The summed E-state index contributed by atoms with van der Waals surface area (Å²) in [5, 5.41) is 0. The summed E-state index contributed by atoms with van der Waals surface area (Å²) in [5.74, 6) is -0.306. The molecule has 1 atom stereocenters. The Kier molecular flexibility index (Phi) is 4.05. The molecule has 0 saturated heterocycles. The number of methoxy groups -OCH3 is 2. The third kappa shape index (κ3) is 2.46. The molecular formula is C6H12O3. The highest BCUT2D eigenvalue weighted by atomic mass is 16.6. The van der Waals surface area contributed by atoms with Crippen LogP contribution >= 0.6 is 0 Å². The molecule has 0 amide bonds. The number of carbonyl (C=O) groups is 1. The predicted octanol–water partition coefficient (Wildman–Crippen LogP) is 0.584. The molecule has 3 nitrogen and oxygen atoms in total. The van der Waals surface area contributed by atoms with Gasteiger partial charge >= 0.3 is 5.97 Å². The fourth-order valence-corrected chi connectivity index (χ4v) is 0.561. The average Bonchev–Trinajstić information content (AvgIpc) is 1.90. The van der Waals surface area contributed by atoms with E-state index in [4.69, 9.17) is 4.74 Å². The van der Waals surface area contributed by atoms with Gasteiger partial charge < -0.3 is 9.47 Å². The van der Waals surface area contributed by atoms with Gasteiger partial charge in [-0.1, -0.05) is 6.92 Å². The Labute approximate surface area is 55.0 Å². The molecule has 0 spiro atoms. The quantitative estimate of drug-likeness (QED) is 0.527. The number of ether oxygens (including phenoxy) is 2. The molecule has 0 aliphatic rings. The van der Waals surface area contributed by atoms with Gasteiger partial charge in [-0.05, 0) is 6.42 Å². The van der Waals surface area contributed by atoms with Gasteiger partial charge in [-0.2, -0.15) is 0 Å². The lowest BCUT2D eigenvalue weighted by molar-refractivity contribution is -0.152. The molecule has 0 aliphatic carbocycles. The van der Waals surface area contributed by atoms with E-state index in [-0.39, 0.29) is 5.97 Å². The van der Waals surface area contributed by atoms with Crippen LogP contribution < -0.4 is 0 Å². The second kappa shape index (κ2) is 4.32. The van der Waals surface area contributed by atoms with Crippen LogP contribution in [0.3, 0.4) is 0 Å². The monoisotopic (exact) mass is 132 g/mol. The van der Waals surface area contributed by atoms with E-state index in [0.29, 0.717) is 6.42 Å². The molecule has 0 aromatic rings. The second-order valence-electron chi connectivity index (χ2n) is 1.66. The molecule has 0 unspecified atom stereocenters. The number of carbonyl (C=O) groups excluding carboxylic acids is 1. The van der Waals surface area contributed by atoms with E-state index in [1.165, 1.54) is 14.2 Å². The van der Waals surface area contributed by atoms with Crippen molar-refractivity contribution in [1.29, 1.82) is 0 Å². The molecule has 0 aliphatic heterocycles. The molecule has 0 aromatic carbocycles. The number of hydrogen-bond donors (Lipinski definition) is 0. The molecule has 0 radical (unpaired) electrons. The summed E-state index contributed by atoms with van der Waals surface area (Å²) < 4.78 is 9.21. The van der Waals surface area contributed by atoms with Crippen molar-refractivity contribution in [2.45, 2.75) is 19.4 Å². The van der Waals surface area contributed by atoms with Gasteiger partial charge in [0, 0.05) is 7.11 Å². The first kappa shape index (κ1) is 8.43. The van der Waals surface area contributed by atoms with Crippen LogP contribution in [0.1, 0.15) is 13.3 Å². The Morgan fingerprint density at radius 1 is 1.56 bits per heavy atom. The van der Waals surface area contributed by atoms with Crippen molar-refractivity contribution in [2.24, 2.45) is 0 Å². The summed E-state index contributed by atoms with van der Waals surface area (Å²) in [6.45, 7) is 1.87. The Balaban J connectivity index is 3.64. The molecule has 0 aromatic heterocycles. The first-order valence-electron chi connectivity index (χ1n) is 2.86. The molecular weight excluding hydrogens is 120 g/mol. The smallest absolute Gasteiger partial charge is 0.334 e. The lowest BCUT2D eigenvalue weighted by atomic mass is 10.3. The third-order valence-electron chi connectivity index (χ3n) is 1.12. The van der Waals surface area contributed by atoms with Crippen LogP contribution in [0.4, 0.5) is 0 Å². The zero-order chi connectivity index (χ0) is 7.28. The van der Waals surface area contributed by atoms with Gasteiger partial charge in [0.15, 0.2) is 6.10 Å². The van der Waals surface area contributed by atoms with Gasteiger partial charge in [-0.15, -0.1) is 0 Å². The minimum Gasteiger partial charge on any atom is -0.467 e. The first-order chi connectivity index (χ1) is 4.26. The van der Waals surface area contributed by atoms with Crippen LogP contribution in [0, 0.1) is 0 Å². The standard InChI is InChI=1S/C6H12O3/c1-4-5(8-2)6(7)9-3/h5H,4H2,1-3H3/t5-/m0/s1. The van der Waals surface area contributed by atoms with Gasteiger partial charge in [0.25, 0.3) is 0 Å². The zero-order valence-corrected chi connectivity index (χ0v) is 6.01. The summed E-state index contributed by atoms with van der Waals surface area (Å²) in [6, 6.07) is 0. The van der Waals surface area contributed by atoms with Gasteiger partial charge in [-0.3, -0.25) is 0 Å². The molecule has 0 N–H and O–H groups in total. The van der Waals surface area contributed by atoms with Gasteiger partial charge in [-0.25, -0.2) is 4.79 Å². The summed E-state index contributed by atoms with van der Waals surface area (Å²) in [6.07, 6.45) is 0.262. The van der Waals surface area contributed by atoms with Gasteiger partial charge in [0.2, 0.25) is 0 Å². The van der Waals surface area contributed by atoms with E-state index in [0.717, 1.165) is 0 Å². The van der Waals surface area contributed by atoms with E-state index >= 15 is 0 Å². The SMILES string of the molecule is CC[C@H](OC)C(=O)OC. The number of rotatable bonds is 3. The van der Waals surface area contributed by atoms with E-state index in [2.05, 4.69) is 4.74 Å². The second-order valence-corrected chi connectivity index (χ2v) is 1.66. The van der Waals surface area contributed by atoms with Crippen molar-refractivity contribution < 1.29 is 14.3 Å². The van der Waals surface area contributed by atoms with E-state index in [1.807, 2.05) is 6.92 Å². The van der Waals surface area contributed by atoms with Crippen LogP contribution in [0.5, 0.6) is 0 Å². The number of hydrogen-bond acceptors (Lipinski definition) is 3. The highest BCUT2D eigenvalue weighted by molar-refractivity contribution is 5.74. The van der Waals surface area contributed by atoms with Crippen LogP contribution in [0.15, 0.2) is 0 Å². The van der Waals surface area contributed by atoms with Crippen LogP contribution in [-0.2, 0) is 14.3 Å². The lowest BCUT2D eigenvalue weighted by Crippen LogP contribution is -2.22. The fraction of sp³-hybridized carbons (Fsp3) is 0.833. The molecule has 0 bridgehead atoms. The number of esters is 1. The Morgan fingerprint density at radius 3 is 2.22 bits per heavy atom. The summed E-state index contributed by atoms with van der Waals surface area (Å²) in [4.78, 5) is 10.6. The summed E-state index contributed by atoms with van der Waals surface area (Å²) in [7, 11) is 2.84. The largest absolute Gasteiger partial charge is 0.467 e. The maximum absolute atomic E-state index is 10.6. The Hall–Kier alpha value is -0.570. The summed E-state index contributed by atoms with van der Waals surface area (Å²) in [5.41, 5.74) is 0. The maximum Gasteiger partial charge on any atom is 0.334 e. The highest BCUT2D eigenvalue weighted by Gasteiger charge is 2.14. The molecule has 9 heavy (non-hydrogen) atoms. The minimum absolute atomic E-state index is 0.306. The van der Waals surface area contributed by atoms with Crippen molar-refractivity contribution >= 4 is 5.97 Å². The molecule has 0 saturated carbocycles. The Morgan fingerprint density at radius 2 is 2.11 bits per heavy atom. The van der Waals surface area contributed by atoms with Crippen molar-refractivity contribution in [2.75, 3.05) is 14.2 Å². The normalized spacial score (nSPS) is 12.8. The fourth-order valence-electron chi connectivity index (χ4n) is 0.561. The third-order valence-corrected chi connectivity index (χ3v) is 1.12. The zero-order valence-electron chi connectivity index (χ0n) is 6.01. The summed E-state index contributed by atoms with van der Waals surface area (Å²) >= 11 is 0. The van der Waals surface area contributed by atoms with E-state index in [1.54, 1.807) is 0 Å². The van der Waals surface area contributed by atoms with Crippen molar-refractivity contribution in [1.82, 2.24) is 0 Å². The lowest BCUT2D eigenvalue weighted by Gasteiger charge is -2.08. The van der Waals surface area contributed by atoms with Crippen molar-refractivity contribution in [3.05, 3.63) is 0 Å². The van der Waals surface area contributed by atoms with Gasteiger partial charge in [0.1, 0.15) is 0 Å². The topological polar surface area (TPSA) is 35.5 Å². The molecule has 3 heteroatoms. The van der Waals surface area contributed by atoms with Crippen molar-refractivity contribution in [3.63, 3.8) is 0 Å². The van der Waals surface area contributed by atoms with E-state index < -0.39 is 6.10 Å². The average molecular weight is 132 g/mol. The molecule has 0 rings (SSSR count). The Bertz CT molecular complexity index is 86.3. The first-order valence-corrected chi connectivity index (χ1v) is 2.86. The van der Waals surface area contributed by atoms with Crippen LogP contribution in [-0.4, -0.2) is 26.3 Å².